The number of carboxylic acids is 1. The van der Waals surface area contributed by atoms with E-state index in [1.54, 1.807) is 6.92 Å². The molecular formula is C21H24O2. The van der Waals surface area contributed by atoms with E-state index in [4.69, 9.17) is 5.11 Å². The second kappa shape index (κ2) is 8.33. The van der Waals surface area contributed by atoms with Crippen molar-refractivity contribution in [2.24, 2.45) is 0 Å². The van der Waals surface area contributed by atoms with Crippen LogP contribution in [0.4, 0.5) is 0 Å². The highest BCUT2D eigenvalue weighted by molar-refractivity contribution is 5.81. The summed E-state index contributed by atoms with van der Waals surface area (Å²) >= 11 is 0. The Bertz CT molecular complexity index is 688. The lowest BCUT2D eigenvalue weighted by Gasteiger charge is -2.08. The Labute approximate surface area is 138 Å². The van der Waals surface area contributed by atoms with Crippen LogP contribution in [0.2, 0.25) is 0 Å². The summed E-state index contributed by atoms with van der Waals surface area (Å²) in [5.41, 5.74) is 6.13. The molecule has 23 heavy (non-hydrogen) atoms. The van der Waals surface area contributed by atoms with E-state index in [0.29, 0.717) is 0 Å². The van der Waals surface area contributed by atoms with Crippen LogP contribution in [0.3, 0.4) is 0 Å². The van der Waals surface area contributed by atoms with Gasteiger partial charge in [0.2, 0.25) is 0 Å². The monoisotopic (exact) mass is 308 g/mol. The van der Waals surface area contributed by atoms with Gasteiger partial charge >= 0.3 is 5.97 Å². The summed E-state index contributed by atoms with van der Waals surface area (Å²) in [6.45, 7) is 3.87. The molecule has 1 N–H and O–H groups in total. The Hall–Kier alpha value is -2.35. The summed E-state index contributed by atoms with van der Waals surface area (Å²) in [5, 5.41) is 8.69. The summed E-state index contributed by atoms with van der Waals surface area (Å²) in [5.74, 6) is -0.912. The SMILES string of the molecule is CC(=C/C=C\C(C)=C\C(=O)O)/C=C1\CCCCc2ccccc21. The second-order valence-electron chi connectivity index (χ2n) is 6.03. The molecule has 0 bridgehead atoms. The third-order valence-electron chi connectivity index (χ3n) is 3.98. The lowest BCUT2D eigenvalue weighted by Crippen LogP contribution is -1.89. The van der Waals surface area contributed by atoms with Crippen LogP contribution in [0.5, 0.6) is 0 Å². The molecule has 1 aromatic rings. The number of aliphatic carboxylic acids is 1. The minimum Gasteiger partial charge on any atom is -0.478 e. The first-order chi connectivity index (χ1) is 11.1. The van der Waals surface area contributed by atoms with Crippen LogP contribution in [0.25, 0.3) is 5.57 Å². The maximum Gasteiger partial charge on any atom is 0.328 e. The summed E-state index contributed by atoms with van der Waals surface area (Å²) in [6.07, 6.45) is 14.0. The second-order valence-corrected chi connectivity index (χ2v) is 6.03. The third kappa shape index (κ3) is 5.41. The van der Waals surface area contributed by atoms with Gasteiger partial charge in [0, 0.05) is 6.08 Å². The summed E-state index contributed by atoms with van der Waals surface area (Å²) in [6, 6.07) is 8.67. The highest BCUT2D eigenvalue weighted by Crippen LogP contribution is 2.30. The van der Waals surface area contributed by atoms with Crippen molar-refractivity contribution < 1.29 is 9.90 Å². The minimum absolute atomic E-state index is 0.731. The van der Waals surface area contributed by atoms with E-state index in [9.17, 15) is 4.79 Å². The molecule has 0 spiro atoms. The molecule has 0 atom stereocenters. The molecule has 0 saturated heterocycles. The van der Waals surface area contributed by atoms with E-state index in [-0.39, 0.29) is 0 Å². The zero-order chi connectivity index (χ0) is 16.7. The van der Waals surface area contributed by atoms with Crippen LogP contribution in [0.15, 0.2) is 65.8 Å². The van der Waals surface area contributed by atoms with Gasteiger partial charge in [-0.1, -0.05) is 54.1 Å². The van der Waals surface area contributed by atoms with Gasteiger partial charge < -0.3 is 5.11 Å². The number of fused-ring (bicyclic) bond motifs is 1. The first-order valence-electron chi connectivity index (χ1n) is 8.11. The van der Waals surface area contributed by atoms with Crippen LogP contribution in [0.1, 0.15) is 44.2 Å². The largest absolute Gasteiger partial charge is 0.478 e. The van der Waals surface area contributed by atoms with Gasteiger partial charge in [-0.15, -0.1) is 0 Å². The van der Waals surface area contributed by atoms with Gasteiger partial charge in [0.1, 0.15) is 0 Å². The fraction of sp³-hybridized carbons (Fsp3) is 0.286. The van der Waals surface area contributed by atoms with Crippen molar-refractivity contribution >= 4 is 11.5 Å². The van der Waals surface area contributed by atoms with E-state index in [2.05, 4.69) is 37.3 Å². The molecule has 0 unspecified atom stereocenters. The number of benzene rings is 1. The molecule has 2 heteroatoms. The quantitative estimate of drug-likeness (QED) is 0.464. The topological polar surface area (TPSA) is 37.3 Å². The average molecular weight is 308 g/mol. The number of hydrogen-bond donors (Lipinski definition) is 1. The molecule has 1 aliphatic rings. The molecule has 1 aromatic carbocycles. The molecule has 2 nitrogen and oxygen atoms in total. The Kier molecular flexibility index (Phi) is 6.16. The van der Waals surface area contributed by atoms with Crippen LogP contribution in [-0.4, -0.2) is 11.1 Å². The zero-order valence-electron chi connectivity index (χ0n) is 13.9. The van der Waals surface area contributed by atoms with Gasteiger partial charge in [0.25, 0.3) is 0 Å². The summed E-state index contributed by atoms with van der Waals surface area (Å²) in [4.78, 5) is 10.6. The first-order valence-corrected chi connectivity index (χ1v) is 8.11. The molecular weight excluding hydrogens is 284 g/mol. The number of hydrogen-bond acceptors (Lipinski definition) is 1. The Morgan fingerprint density at radius 1 is 1.09 bits per heavy atom. The molecule has 0 aromatic heterocycles. The number of carbonyl (C=O) groups is 1. The number of aryl methyl sites for hydroxylation is 1. The fourth-order valence-electron chi connectivity index (χ4n) is 2.88. The smallest absolute Gasteiger partial charge is 0.328 e. The average Bonchev–Trinajstić information content (AvgIpc) is 2.69. The predicted molar refractivity (Wildman–Crippen MR) is 96.3 cm³/mol. The van der Waals surface area contributed by atoms with E-state index in [1.165, 1.54) is 41.2 Å². The molecule has 0 heterocycles. The number of allylic oxidation sites excluding steroid dienone is 7. The van der Waals surface area contributed by atoms with Crippen molar-refractivity contribution in [1.82, 2.24) is 0 Å². The van der Waals surface area contributed by atoms with Gasteiger partial charge in [-0.3, -0.25) is 0 Å². The van der Waals surface area contributed by atoms with Crippen molar-refractivity contribution in [2.45, 2.75) is 39.5 Å². The Morgan fingerprint density at radius 3 is 2.61 bits per heavy atom. The van der Waals surface area contributed by atoms with Crippen LogP contribution in [0, 0.1) is 0 Å². The lowest BCUT2D eigenvalue weighted by atomic mass is 9.97. The number of carboxylic acid groups (broad SMARTS) is 1. The molecule has 0 amide bonds. The first kappa shape index (κ1) is 17.0. The highest BCUT2D eigenvalue weighted by atomic mass is 16.4. The van der Waals surface area contributed by atoms with E-state index in [0.717, 1.165) is 18.4 Å². The lowest BCUT2D eigenvalue weighted by molar-refractivity contribution is -0.131. The van der Waals surface area contributed by atoms with E-state index >= 15 is 0 Å². The van der Waals surface area contributed by atoms with Gasteiger partial charge in [0.15, 0.2) is 0 Å². The van der Waals surface area contributed by atoms with Crippen LogP contribution < -0.4 is 0 Å². The summed E-state index contributed by atoms with van der Waals surface area (Å²) in [7, 11) is 0. The third-order valence-corrected chi connectivity index (χ3v) is 3.98. The van der Waals surface area contributed by atoms with E-state index in [1.807, 2.05) is 18.2 Å². The van der Waals surface area contributed by atoms with Crippen molar-refractivity contribution in [3.8, 4) is 0 Å². The molecule has 0 aliphatic heterocycles. The molecule has 2 rings (SSSR count). The molecule has 0 radical (unpaired) electrons. The molecule has 1 aliphatic carbocycles. The van der Waals surface area contributed by atoms with Gasteiger partial charge in [0.05, 0.1) is 0 Å². The standard InChI is InChI=1S/C21H24O2/c1-16(8-7-9-17(2)15-21(22)23)14-19-12-4-3-10-18-11-5-6-13-20(18)19/h5-9,11,13-15H,3-4,10,12H2,1-2H3,(H,22,23)/b9-7-,16-8-,17-15+,19-14+. The fourth-order valence-corrected chi connectivity index (χ4v) is 2.88. The van der Waals surface area contributed by atoms with Crippen LogP contribution in [-0.2, 0) is 11.2 Å². The normalized spacial score (nSPS) is 18.1. The zero-order valence-corrected chi connectivity index (χ0v) is 13.9. The predicted octanol–water partition coefficient (Wildman–Crippen LogP) is 5.33. The van der Waals surface area contributed by atoms with Gasteiger partial charge in [-0.05, 0) is 61.8 Å². The van der Waals surface area contributed by atoms with Crippen LogP contribution >= 0.6 is 0 Å². The molecule has 0 saturated carbocycles. The Morgan fingerprint density at radius 2 is 1.83 bits per heavy atom. The van der Waals surface area contributed by atoms with Crippen molar-refractivity contribution in [1.29, 1.82) is 0 Å². The van der Waals surface area contributed by atoms with E-state index < -0.39 is 5.97 Å². The maximum absolute atomic E-state index is 10.6. The molecule has 120 valence electrons. The van der Waals surface area contributed by atoms with Crippen molar-refractivity contribution in [3.05, 3.63) is 76.9 Å². The van der Waals surface area contributed by atoms with Crippen molar-refractivity contribution in [3.63, 3.8) is 0 Å². The molecule has 0 fully saturated rings. The highest BCUT2D eigenvalue weighted by Gasteiger charge is 2.11. The van der Waals surface area contributed by atoms with Gasteiger partial charge in [-0.2, -0.15) is 0 Å². The van der Waals surface area contributed by atoms with Gasteiger partial charge in [-0.25, -0.2) is 4.79 Å². The number of rotatable bonds is 4. The summed E-state index contributed by atoms with van der Waals surface area (Å²) < 4.78 is 0. The maximum atomic E-state index is 10.6. The van der Waals surface area contributed by atoms with Crippen molar-refractivity contribution in [2.75, 3.05) is 0 Å². The minimum atomic E-state index is -0.912. The Balaban J connectivity index is 2.19.